The molecule has 13 rings (SSSR count). The Morgan fingerprint density at radius 2 is 0.794 bits per heavy atom. The van der Waals surface area contributed by atoms with Crippen molar-refractivity contribution in [2.45, 2.75) is 38.5 Å². The van der Waals surface area contributed by atoms with E-state index in [0.717, 1.165) is 44.6 Å². The van der Waals surface area contributed by atoms with Gasteiger partial charge in [0.2, 0.25) is 0 Å². The minimum Gasteiger partial charge on any atom is -0.455 e. The number of rotatable bonds is 7. The van der Waals surface area contributed by atoms with Crippen LogP contribution in [0.5, 0.6) is 0 Å². The second kappa shape index (κ2) is 15.2. The number of nitrogens with zero attached hydrogens (tertiary/aromatic N) is 1. The van der Waals surface area contributed by atoms with E-state index in [0.29, 0.717) is 0 Å². The van der Waals surface area contributed by atoms with E-state index in [2.05, 4.69) is 257 Å². The SMILES string of the molecule is CC1(C)c2cc(N(c3ccc(-c4ccccc4)cc3)c3cc(-c4ccccc4)cc(-c4ccccc4)c3)ccc2-c2cc3c(cc21)-c1cccc(-c2cccc4c2oc2ccccc24)c1C3(C)C. The molecule has 2 aliphatic carbocycles. The molecule has 0 radical (unpaired) electrons. The van der Waals surface area contributed by atoms with Crippen molar-refractivity contribution >= 4 is 39.0 Å². The largest absolute Gasteiger partial charge is 0.455 e. The van der Waals surface area contributed by atoms with Crippen LogP contribution in [0.15, 0.2) is 229 Å². The van der Waals surface area contributed by atoms with E-state index in [1.807, 2.05) is 0 Å². The van der Waals surface area contributed by atoms with E-state index in [1.54, 1.807) is 0 Å². The molecule has 0 amide bonds. The van der Waals surface area contributed by atoms with Gasteiger partial charge in [0, 0.05) is 44.2 Å². The second-order valence-corrected chi connectivity index (χ2v) is 19.7. The number of fused-ring (bicyclic) bond motifs is 9. The summed E-state index contributed by atoms with van der Waals surface area (Å²) in [6, 6.07) is 82.4. The predicted molar refractivity (Wildman–Crippen MR) is 285 cm³/mol. The molecule has 0 unspecified atom stereocenters. The fourth-order valence-corrected chi connectivity index (χ4v) is 11.6. The first-order valence-electron chi connectivity index (χ1n) is 23.8. The zero-order valence-electron chi connectivity index (χ0n) is 38.7. The van der Waals surface area contributed by atoms with Crippen LogP contribution in [0.2, 0.25) is 0 Å². The molecule has 68 heavy (non-hydrogen) atoms. The van der Waals surface area contributed by atoms with Crippen LogP contribution in [0.4, 0.5) is 17.1 Å². The van der Waals surface area contributed by atoms with E-state index in [-0.39, 0.29) is 10.8 Å². The Balaban J connectivity index is 0.954. The number of furan rings is 1. The van der Waals surface area contributed by atoms with Gasteiger partial charge in [-0.05, 0) is 144 Å². The van der Waals surface area contributed by atoms with Gasteiger partial charge in [0.05, 0.1) is 0 Å². The summed E-state index contributed by atoms with van der Waals surface area (Å²) in [6.45, 7) is 9.64. The van der Waals surface area contributed by atoms with Crippen LogP contribution < -0.4 is 4.90 Å². The van der Waals surface area contributed by atoms with E-state index >= 15 is 0 Å². The summed E-state index contributed by atoms with van der Waals surface area (Å²) in [5.41, 5.74) is 24.9. The lowest BCUT2D eigenvalue weighted by Gasteiger charge is -2.29. The van der Waals surface area contributed by atoms with Crippen molar-refractivity contribution in [2.24, 2.45) is 0 Å². The summed E-state index contributed by atoms with van der Waals surface area (Å²) in [4.78, 5) is 2.45. The molecule has 1 heterocycles. The minimum absolute atomic E-state index is 0.250. The Hall–Kier alpha value is -8.20. The Bertz CT molecular complexity index is 3710. The second-order valence-electron chi connectivity index (χ2n) is 19.7. The molecule has 0 spiro atoms. The summed E-state index contributed by atoms with van der Waals surface area (Å²) in [5.74, 6) is 0. The first kappa shape index (κ1) is 40.1. The van der Waals surface area contributed by atoms with Gasteiger partial charge in [-0.1, -0.05) is 191 Å². The van der Waals surface area contributed by atoms with Crippen molar-refractivity contribution in [2.75, 3.05) is 4.90 Å². The van der Waals surface area contributed by atoms with Crippen molar-refractivity contribution in [1.82, 2.24) is 0 Å². The van der Waals surface area contributed by atoms with Gasteiger partial charge in [-0.3, -0.25) is 0 Å². The number of hydrogen-bond donors (Lipinski definition) is 0. The number of para-hydroxylation sites is 2. The van der Waals surface area contributed by atoms with Crippen molar-refractivity contribution in [3.8, 4) is 66.8 Å². The van der Waals surface area contributed by atoms with Gasteiger partial charge < -0.3 is 9.32 Å². The fourth-order valence-electron chi connectivity index (χ4n) is 11.6. The fraction of sp³-hybridized carbons (Fsp3) is 0.0909. The lowest BCUT2D eigenvalue weighted by molar-refractivity contribution is 0.652. The average molecular weight is 872 g/mol. The lowest BCUT2D eigenvalue weighted by Crippen LogP contribution is -2.18. The third-order valence-corrected chi connectivity index (χ3v) is 15.0. The van der Waals surface area contributed by atoms with Crippen molar-refractivity contribution in [3.63, 3.8) is 0 Å². The van der Waals surface area contributed by atoms with Crippen LogP contribution in [0.25, 0.3) is 88.7 Å². The van der Waals surface area contributed by atoms with Gasteiger partial charge in [-0.25, -0.2) is 0 Å². The summed E-state index contributed by atoms with van der Waals surface area (Å²) in [5, 5.41) is 2.31. The molecule has 0 N–H and O–H groups in total. The smallest absolute Gasteiger partial charge is 0.143 e. The topological polar surface area (TPSA) is 16.4 Å². The predicted octanol–water partition coefficient (Wildman–Crippen LogP) is 18.3. The Kier molecular flexibility index (Phi) is 8.95. The average Bonchev–Trinajstić information content (AvgIpc) is 3.96. The Morgan fingerprint density at radius 1 is 0.309 bits per heavy atom. The van der Waals surface area contributed by atoms with Gasteiger partial charge >= 0.3 is 0 Å². The zero-order chi connectivity index (χ0) is 45.7. The maximum absolute atomic E-state index is 6.63. The van der Waals surface area contributed by atoms with Crippen LogP contribution >= 0.6 is 0 Å². The minimum atomic E-state index is -0.260. The highest BCUT2D eigenvalue weighted by atomic mass is 16.3. The van der Waals surface area contributed by atoms with Crippen LogP contribution in [-0.4, -0.2) is 0 Å². The van der Waals surface area contributed by atoms with Crippen LogP contribution in [0.3, 0.4) is 0 Å². The van der Waals surface area contributed by atoms with E-state index in [4.69, 9.17) is 4.42 Å². The molecule has 0 bridgehead atoms. The van der Waals surface area contributed by atoms with E-state index in [1.165, 1.54) is 83.5 Å². The highest BCUT2D eigenvalue weighted by molar-refractivity contribution is 6.10. The monoisotopic (exact) mass is 871 g/mol. The molecule has 324 valence electrons. The Labute approximate surface area is 398 Å². The molecule has 0 atom stereocenters. The summed E-state index contributed by atoms with van der Waals surface area (Å²) in [6.07, 6.45) is 0. The lowest BCUT2D eigenvalue weighted by atomic mass is 9.77. The number of benzene rings is 10. The number of hydrogen-bond acceptors (Lipinski definition) is 2. The first-order valence-corrected chi connectivity index (χ1v) is 23.8. The normalized spacial score (nSPS) is 13.8. The van der Waals surface area contributed by atoms with E-state index < -0.39 is 0 Å². The quantitative estimate of drug-likeness (QED) is 0.159. The molecule has 0 saturated heterocycles. The van der Waals surface area contributed by atoms with Crippen molar-refractivity contribution in [1.29, 1.82) is 0 Å². The first-order chi connectivity index (χ1) is 33.2. The third-order valence-electron chi connectivity index (χ3n) is 15.0. The molecule has 0 fully saturated rings. The van der Waals surface area contributed by atoms with Crippen LogP contribution in [0, 0.1) is 0 Å². The molecule has 11 aromatic rings. The van der Waals surface area contributed by atoms with Crippen LogP contribution in [-0.2, 0) is 10.8 Å². The van der Waals surface area contributed by atoms with Gasteiger partial charge in [0.15, 0.2) is 0 Å². The summed E-state index contributed by atoms with van der Waals surface area (Å²) in [7, 11) is 0. The Morgan fingerprint density at radius 3 is 1.46 bits per heavy atom. The summed E-state index contributed by atoms with van der Waals surface area (Å²) < 4.78 is 6.63. The molecular weight excluding hydrogens is 823 g/mol. The molecule has 0 saturated carbocycles. The molecule has 10 aromatic carbocycles. The summed E-state index contributed by atoms with van der Waals surface area (Å²) >= 11 is 0. The maximum Gasteiger partial charge on any atom is 0.143 e. The van der Waals surface area contributed by atoms with Crippen molar-refractivity contribution < 1.29 is 4.42 Å². The molecule has 2 aliphatic rings. The molecule has 1 aromatic heterocycles. The molecule has 2 nitrogen and oxygen atoms in total. The highest BCUT2D eigenvalue weighted by Crippen LogP contribution is 2.59. The zero-order valence-corrected chi connectivity index (χ0v) is 38.7. The molecule has 0 aliphatic heterocycles. The van der Waals surface area contributed by atoms with Gasteiger partial charge in [-0.15, -0.1) is 0 Å². The standard InChI is InChI=1S/C66H49NO/c1-65(2)59-39-49(67(48-32-30-45(31-33-48)42-18-8-5-9-19-42)50-37-46(43-20-10-6-11-21-43)36-47(38-50)44-22-12-7-13-23-44)34-35-51(59)57-40-61-58(41-60(57)65)54-26-16-25-53(63(54)66(61,3)4)56-28-17-27-55-52-24-14-15-29-62(52)68-64(55)56/h5-41H,1-4H3. The highest BCUT2D eigenvalue weighted by Gasteiger charge is 2.43. The van der Waals surface area contributed by atoms with Crippen molar-refractivity contribution in [3.05, 3.63) is 247 Å². The van der Waals surface area contributed by atoms with Gasteiger partial charge in [0.25, 0.3) is 0 Å². The maximum atomic E-state index is 6.63. The molecule has 2 heteroatoms. The number of anilines is 3. The van der Waals surface area contributed by atoms with E-state index in [9.17, 15) is 0 Å². The van der Waals surface area contributed by atoms with Crippen LogP contribution in [0.1, 0.15) is 49.9 Å². The third kappa shape index (κ3) is 6.17. The van der Waals surface area contributed by atoms with Gasteiger partial charge in [0.1, 0.15) is 11.2 Å². The van der Waals surface area contributed by atoms with Gasteiger partial charge in [-0.2, -0.15) is 0 Å². The molecular formula is C66H49NO.